The molecule has 0 aliphatic carbocycles. The van der Waals surface area contributed by atoms with E-state index in [0.29, 0.717) is 27.9 Å². The van der Waals surface area contributed by atoms with Crippen LogP contribution in [-0.4, -0.2) is 5.16 Å². The van der Waals surface area contributed by atoms with Crippen LogP contribution in [0.5, 0.6) is 0 Å². The molecule has 0 saturated heterocycles. The van der Waals surface area contributed by atoms with Crippen LogP contribution in [0.2, 0.25) is 0 Å². The summed E-state index contributed by atoms with van der Waals surface area (Å²) in [5.74, 6) is -0.716. The van der Waals surface area contributed by atoms with Gasteiger partial charge in [0.2, 0.25) is 5.88 Å². The Kier molecular flexibility index (Phi) is 3.17. The van der Waals surface area contributed by atoms with Crippen molar-refractivity contribution in [3.63, 3.8) is 0 Å². The van der Waals surface area contributed by atoms with Crippen molar-refractivity contribution < 1.29 is 13.3 Å². The molecule has 0 radical (unpaired) electrons. The van der Waals surface area contributed by atoms with Gasteiger partial charge in [-0.15, -0.1) is 0 Å². The van der Waals surface area contributed by atoms with Crippen LogP contribution in [0.4, 0.5) is 14.7 Å². The second kappa shape index (κ2) is 5.01. The number of hydrogen-bond acceptors (Lipinski definition) is 3. The molecule has 21 heavy (non-hydrogen) atoms. The third kappa shape index (κ3) is 2.27. The van der Waals surface area contributed by atoms with E-state index in [1.54, 1.807) is 37.3 Å². The molecule has 1 aromatic heterocycles. The van der Waals surface area contributed by atoms with Crippen molar-refractivity contribution >= 4 is 5.88 Å². The zero-order valence-electron chi connectivity index (χ0n) is 11.2. The summed E-state index contributed by atoms with van der Waals surface area (Å²) in [6.07, 6.45) is 0. The summed E-state index contributed by atoms with van der Waals surface area (Å²) in [5.41, 5.74) is 7.93. The summed E-state index contributed by atoms with van der Waals surface area (Å²) in [6.45, 7) is 1.64. The monoisotopic (exact) mass is 286 g/mol. The molecule has 0 atom stereocenters. The molecule has 0 aliphatic heterocycles. The van der Waals surface area contributed by atoms with Gasteiger partial charge in [0.15, 0.2) is 0 Å². The summed E-state index contributed by atoms with van der Waals surface area (Å²) < 4.78 is 32.4. The largest absolute Gasteiger partial charge is 0.367 e. The first-order valence-corrected chi connectivity index (χ1v) is 6.34. The molecule has 0 aliphatic rings. The second-order valence-electron chi connectivity index (χ2n) is 4.71. The van der Waals surface area contributed by atoms with Crippen molar-refractivity contribution in [1.82, 2.24) is 5.16 Å². The molecule has 2 aromatic carbocycles. The number of rotatable bonds is 2. The number of halogens is 2. The Morgan fingerprint density at radius 2 is 1.81 bits per heavy atom. The number of aromatic nitrogens is 1. The molecule has 3 aromatic rings. The molecule has 3 rings (SSSR count). The van der Waals surface area contributed by atoms with Crippen LogP contribution in [-0.2, 0) is 0 Å². The molecule has 5 heteroatoms. The minimum Gasteiger partial charge on any atom is -0.367 e. The van der Waals surface area contributed by atoms with Gasteiger partial charge < -0.3 is 10.3 Å². The van der Waals surface area contributed by atoms with E-state index in [1.807, 2.05) is 0 Å². The molecular formula is C16H12F2N2O. The van der Waals surface area contributed by atoms with E-state index in [0.717, 1.165) is 0 Å². The normalized spacial score (nSPS) is 10.8. The molecule has 0 unspecified atom stereocenters. The van der Waals surface area contributed by atoms with Gasteiger partial charge in [0.05, 0.1) is 5.56 Å². The fourth-order valence-electron chi connectivity index (χ4n) is 2.22. The Hall–Kier alpha value is -2.69. The van der Waals surface area contributed by atoms with Crippen molar-refractivity contribution in [2.24, 2.45) is 0 Å². The Morgan fingerprint density at radius 3 is 2.52 bits per heavy atom. The fourth-order valence-corrected chi connectivity index (χ4v) is 2.22. The Balaban J connectivity index is 2.22. The lowest BCUT2D eigenvalue weighted by Crippen LogP contribution is -1.91. The lowest BCUT2D eigenvalue weighted by atomic mass is 9.99. The van der Waals surface area contributed by atoms with Crippen molar-refractivity contribution in [3.8, 4) is 22.4 Å². The first kappa shape index (κ1) is 13.3. The number of nitrogen functional groups attached to an aromatic ring is 1. The zero-order chi connectivity index (χ0) is 15.0. The van der Waals surface area contributed by atoms with Crippen molar-refractivity contribution in [2.45, 2.75) is 6.92 Å². The predicted molar refractivity (Wildman–Crippen MR) is 76.4 cm³/mol. The van der Waals surface area contributed by atoms with E-state index < -0.39 is 5.82 Å². The number of nitrogens with two attached hydrogens (primary N) is 1. The van der Waals surface area contributed by atoms with Crippen molar-refractivity contribution in [3.05, 3.63) is 59.7 Å². The zero-order valence-corrected chi connectivity index (χ0v) is 11.2. The first-order chi connectivity index (χ1) is 10.1. The van der Waals surface area contributed by atoms with Crippen LogP contribution in [0.25, 0.3) is 22.4 Å². The Labute approximate surface area is 120 Å². The molecular weight excluding hydrogens is 274 g/mol. The second-order valence-corrected chi connectivity index (χ2v) is 4.71. The van der Waals surface area contributed by atoms with Crippen LogP contribution < -0.4 is 5.73 Å². The number of hydrogen-bond donors (Lipinski definition) is 1. The lowest BCUT2D eigenvalue weighted by Gasteiger charge is -2.05. The van der Waals surface area contributed by atoms with Gasteiger partial charge in [-0.3, -0.25) is 0 Å². The first-order valence-electron chi connectivity index (χ1n) is 6.34. The average molecular weight is 286 g/mol. The van der Waals surface area contributed by atoms with E-state index in [4.69, 9.17) is 10.3 Å². The fraction of sp³-hybridized carbons (Fsp3) is 0.0625. The summed E-state index contributed by atoms with van der Waals surface area (Å²) in [6, 6.07) is 10.7. The third-order valence-electron chi connectivity index (χ3n) is 3.29. The maximum Gasteiger partial charge on any atom is 0.230 e. The number of aryl methyl sites for hydroxylation is 1. The molecule has 3 nitrogen and oxygen atoms in total. The number of benzene rings is 2. The van der Waals surface area contributed by atoms with Gasteiger partial charge in [0, 0.05) is 11.1 Å². The quantitative estimate of drug-likeness (QED) is 0.769. The Morgan fingerprint density at radius 1 is 1.05 bits per heavy atom. The minimum atomic E-state index is -0.424. The topological polar surface area (TPSA) is 52.0 Å². The smallest absolute Gasteiger partial charge is 0.230 e. The molecule has 106 valence electrons. The van der Waals surface area contributed by atoms with Gasteiger partial charge in [-0.2, -0.15) is 0 Å². The van der Waals surface area contributed by atoms with Crippen LogP contribution in [0.3, 0.4) is 0 Å². The van der Waals surface area contributed by atoms with Gasteiger partial charge in [-0.1, -0.05) is 23.4 Å². The highest BCUT2D eigenvalue weighted by Gasteiger charge is 2.20. The van der Waals surface area contributed by atoms with Crippen LogP contribution in [0, 0.1) is 18.6 Å². The minimum absolute atomic E-state index is 0.0251. The lowest BCUT2D eigenvalue weighted by molar-refractivity contribution is 0.439. The third-order valence-corrected chi connectivity index (χ3v) is 3.29. The van der Waals surface area contributed by atoms with Crippen LogP contribution >= 0.6 is 0 Å². The highest BCUT2D eigenvalue weighted by atomic mass is 19.1. The van der Waals surface area contributed by atoms with E-state index in [9.17, 15) is 8.78 Å². The predicted octanol–water partition coefficient (Wildman–Crippen LogP) is 4.18. The van der Waals surface area contributed by atoms with Crippen LogP contribution in [0.15, 0.2) is 47.0 Å². The molecule has 0 spiro atoms. The van der Waals surface area contributed by atoms with Gasteiger partial charge >= 0.3 is 0 Å². The summed E-state index contributed by atoms with van der Waals surface area (Å²) >= 11 is 0. The summed E-state index contributed by atoms with van der Waals surface area (Å²) in [4.78, 5) is 0. The van der Waals surface area contributed by atoms with Gasteiger partial charge in [0.25, 0.3) is 0 Å². The highest BCUT2D eigenvalue weighted by molar-refractivity contribution is 5.87. The SMILES string of the molecule is Cc1cc(-c2noc(N)c2-c2ccccc2F)ccc1F. The van der Waals surface area contributed by atoms with E-state index in [1.165, 1.54) is 12.1 Å². The number of nitrogens with zero attached hydrogens (tertiary/aromatic N) is 1. The molecule has 0 fully saturated rings. The average Bonchev–Trinajstić information content (AvgIpc) is 2.84. The van der Waals surface area contributed by atoms with Crippen molar-refractivity contribution in [1.29, 1.82) is 0 Å². The van der Waals surface area contributed by atoms with E-state index >= 15 is 0 Å². The molecule has 0 bridgehead atoms. The number of anilines is 1. The molecule has 1 heterocycles. The van der Waals surface area contributed by atoms with Crippen molar-refractivity contribution in [2.75, 3.05) is 5.73 Å². The van der Waals surface area contributed by atoms with Gasteiger partial charge in [-0.25, -0.2) is 8.78 Å². The Bertz CT molecular complexity index is 812. The molecule has 2 N–H and O–H groups in total. The standard InChI is InChI=1S/C16H12F2N2O/c1-9-8-10(6-7-12(9)17)15-14(16(19)21-20-15)11-4-2-3-5-13(11)18/h2-8H,19H2,1H3. The van der Waals surface area contributed by atoms with Gasteiger partial charge in [0.1, 0.15) is 17.3 Å². The molecule has 0 amide bonds. The van der Waals surface area contributed by atoms with E-state index in [2.05, 4.69) is 5.16 Å². The summed E-state index contributed by atoms with van der Waals surface area (Å²) in [5, 5.41) is 3.89. The van der Waals surface area contributed by atoms with Crippen LogP contribution in [0.1, 0.15) is 5.56 Å². The maximum absolute atomic E-state index is 14.0. The highest BCUT2D eigenvalue weighted by Crippen LogP contribution is 2.37. The van der Waals surface area contributed by atoms with E-state index in [-0.39, 0.29) is 11.7 Å². The maximum atomic E-state index is 14.0. The summed E-state index contributed by atoms with van der Waals surface area (Å²) in [7, 11) is 0. The molecule has 0 saturated carbocycles. The van der Waals surface area contributed by atoms with Gasteiger partial charge in [-0.05, 0) is 36.8 Å².